The number of nitrogens with zero attached hydrogens (tertiary/aromatic N) is 1. The SMILES string of the molecule is CCC(C)C(=O)Nc1ccc(-c2nc3ccccc3o2)cc1. The monoisotopic (exact) mass is 294 g/mol. The average Bonchev–Trinajstić information content (AvgIpc) is 2.98. The number of carbonyl (C=O) groups excluding carboxylic acids is 1. The lowest BCUT2D eigenvalue weighted by Crippen LogP contribution is -2.19. The van der Waals surface area contributed by atoms with Crippen LogP contribution in [-0.2, 0) is 4.79 Å². The molecule has 4 heteroatoms. The first-order chi connectivity index (χ1) is 10.7. The van der Waals surface area contributed by atoms with Crippen molar-refractivity contribution in [3.63, 3.8) is 0 Å². The number of hydrogen-bond acceptors (Lipinski definition) is 3. The zero-order valence-electron chi connectivity index (χ0n) is 12.7. The minimum absolute atomic E-state index is 0.0108. The van der Waals surface area contributed by atoms with Crippen LogP contribution in [0.1, 0.15) is 20.3 Å². The van der Waals surface area contributed by atoms with Crippen molar-refractivity contribution in [2.45, 2.75) is 20.3 Å². The van der Waals surface area contributed by atoms with E-state index >= 15 is 0 Å². The highest BCUT2D eigenvalue weighted by atomic mass is 16.3. The van der Waals surface area contributed by atoms with Crippen LogP contribution in [0.5, 0.6) is 0 Å². The second-order valence-corrected chi connectivity index (χ2v) is 5.36. The topological polar surface area (TPSA) is 55.1 Å². The molecule has 1 atom stereocenters. The largest absolute Gasteiger partial charge is 0.436 e. The van der Waals surface area contributed by atoms with Crippen LogP contribution in [0.3, 0.4) is 0 Å². The molecule has 2 aromatic carbocycles. The van der Waals surface area contributed by atoms with E-state index in [0.717, 1.165) is 28.8 Å². The molecule has 0 aliphatic carbocycles. The van der Waals surface area contributed by atoms with E-state index in [0.29, 0.717) is 5.89 Å². The van der Waals surface area contributed by atoms with Gasteiger partial charge in [0.15, 0.2) is 5.58 Å². The molecule has 22 heavy (non-hydrogen) atoms. The molecule has 112 valence electrons. The number of hydrogen-bond donors (Lipinski definition) is 1. The third kappa shape index (κ3) is 2.86. The lowest BCUT2D eigenvalue weighted by Gasteiger charge is -2.09. The standard InChI is InChI=1S/C18H18N2O2/c1-3-12(2)17(21)19-14-10-8-13(9-11-14)18-20-15-6-4-5-7-16(15)22-18/h4-12H,3H2,1-2H3,(H,19,21). The highest BCUT2D eigenvalue weighted by Crippen LogP contribution is 2.25. The van der Waals surface area contributed by atoms with E-state index in [1.54, 1.807) is 0 Å². The maximum Gasteiger partial charge on any atom is 0.227 e. The molecule has 0 aliphatic heterocycles. The molecule has 1 aromatic heterocycles. The van der Waals surface area contributed by atoms with Gasteiger partial charge in [0.1, 0.15) is 5.52 Å². The Morgan fingerprint density at radius 2 is 1.91 bits per heavy atom. The molecule has 0 saturated carbocycles. The molecule has 0 saturated heterocycles. The molecule has 1 N–H and O–H groups in total. The molecule has 0 fully saturated rings. The number of carbonyl (C=O) groups is 1. The zero-order chi connectivity index (χ0) is 15.5. The van der Waals surface area contributed by atoms with Gasteiger partial charge in [-0.25, -0.2) is 4.98 Å². The number of anilines is 1. The van der Waals surface area contributed by atoms with Gasteiger partial charge < -0.3 is 9.73 Å². The van der Waals surface area contributed by atoms with Crippen molar-refractivity contribution in [1.29, 1.82) is 0 Å². The predicted octanol–water partition coefficient (Wildman–Crippen LogP) is 4.48. The second kappa shape index (κ2) is 6.02. The van der Waals surface area contributed by atoms with Gasteiger partial charge in [-0.05, 0) is 42.8 Å². The Hall–Kier alpha value is -2.62. The number of amides is 1. The summed E-state index contributed by atoms with van der Waals surface area (Å²) in [6.45, 7) is 3.92. The minimum Gasteiger partial charge on any atom is -0.436 e. The molecule has 1 heterocycles. The molecule has 0 radical (unpaired) electrons. The van der Waals surface area contributed by atoms with Gasteiger partial charge >= 0.3 is 0 Å². The van der Waals surface area contributed by atoms with Gasteiger partial charge in [0.25, 0.3) is 0 Å². The molecular weight excluding hydrogens is 276 g/mol. The first-order valence-corrected chi connectivity index (χ1v) is 7.44. The van der Waals surface area contributed by atoms with Crippen LogP contribution in [0.25, 0.3) is 22.6 Å². The summed E-state index contributed by atoms with van der Waals surface area (Å²) in [5, 5.41) is 2.91. The summed E-state index contributed by atoms with van der Waals surface area (Å²) < 4.78 is 5.73. The molecule has 1 unspecified atom stereocenters. The van der Waals surface area contributed by atoms with Crippen LogP contribution in [0.4, 0.5) is 5.69 Å². The highest BCUT2D eigenvalue weighted by Gasteiger charge is 2.11. The number of nitrogens with one attached hydrogen (secondary N) is 1. The summed E-state index contributed by atoms with van der Waals surface area (Å²) in [7, 11) is 0. The normalized spacial score (nSPS) is 12.3. The van der Waals surface area contributed by atoms with Gasteiger partial charge in [-0.1, -0.05) is 26.0 Å². The Morgan fingerprint density at radius 3 is 2.59 bits per heavy atom. The quantitative estimate of drug-likeness (QED) is 0.772. The number of fused-ring (bicyclic) bond motifs is 1. The fourth-order valence-electron chi connectivity index (χ4n) is 2.14. The number of para-hydroxylation sites is 2. The molecular formula is C18H18N2O2. The van der Waals surface area contributed by atoms with Crippen LogP contribution in [0.2, 0.25) is 0 Å². The summed E-state index contributed by atoms with van der Waals surface area (Å²) in [4.78, 5) is 16.3. The molecule has 1 amide bonds. The van der Waals surface area contributed by atoms with Crippen LogP contribution in [0.15, 0.2) is 52.9 Å². The van der Waals surface area contributed by atoms with E-state index in [1.165, 1.54) is 0 Å². The van der Waals surface area contributed by atoms with E-state index in [9.17, 15) is 4.79 Å². The first kappa shape index (κ1) is 14.3. The Morgan fingerprint density at radius 1 is 1.18 bits per heavy atom. The number of rotatable bonds is 4. The first-order valence-electron chi connectivity index (χ1n) is 7.44. The third-order valence-electron chi connectivity index (χ3n) is 3.75. The van der Waals surface area contributed by atoms with Gasteiger partial charge in [0.05, 0.1) is 0 Å². The van der Waals surface area contributed by atoms with Gasteiger partial charge in [-0.3, -0.25) is 4.79 Å². The summed E-state index contributed by atoms with van der Waals surface area (Å²) in [6.07, 6.45) is 0.826. The van der Waals surface area contributed by atoms with Gasteiger partial charge in [0.2, 0.25) is 11.8 Å². The molecule has 0 aliphatic rings. The predicted molar refractivity (Wildman–Crippen MR) is 87.5 cm³/mol. The van der Waals surface area contributed by atoms with E-state index in [4.69, 9.17) is 4.42 Å². The fourth-order valence-corrected chi connectivity index (χ4v) is 2.14. The Labute approximate surface area is 129 Å². The van der Waals surface area contributed by atoms with Crippen LogP contribution < -0.4 is 5.32 Å². The molecule has 0 bridgehead atoms. The number of benzene rings is 2. The van der Waals surface area contributed by atoms with E-state index in [-0.39, 0.29) is 11.8 Å². The average molecular weight is 294 g/mol. The fraction of sp³-hybridized carbons (Fsp3) is 0.222. The maximum absolute atomic E-state index is 11.9. The molecule has 3 rings (SSSR count). The summed E-state index contributed by atoms with van der Waals surface area (Å²) in [6, 6.07) is 15.2. The van der Waals surface area contributed by atoms with Crippen LogP contribution in [0, 0.1) is 5.92 Å². The van der Waals surface area contributed by atoms with Crippen molar-refractivity contribution < 1.29 is 9.21 Å². The Balaban J connectivity index is 1.80. The van der Waals surface area contributed by atoms with Gasteiger partial charge in [-0.15, -0.1) is 0 Å². The lowest BCUT2D eigenvalue weighted by molar-refractivity contribution is -0.119. The zero-order valence-corrected chi connectivity index (χ0v) is 12.7. The third-order valence-corrected chi connectivity index (χ3v) is 3.75. The molecule has 4 nitrogen and oxygen atoms in total. The maximum atomic E-state index is 11.9. The number of aromatic nitrogens is 1. The van der Waals surface area contributed by atoms with E-state index < -0.39 is 0 Å². The molecule has 3 aromatic rings. The van der Waals surface area contributed by atoms with Crippen molar-refractivity contribution >= 4 is 22.7 Å². The Bertz CT molecular complexity index is 757. The minimum atomic E-state index is 0.0108. The summed E-state index contributed by atoms with van der Waals surface area (Å²) in [5.74, 6) is 0.634. The summed E-state index contributed by atoms with van der Waals surface area (Å²) >= 11 is 0. The molecule has 0 spiro atoms. The van der Waals surface area contributed by atoms with Gasteiger partial charge in [-0.2, -0.15) is 0 Å². The number of oxazole rings is 1. The van der Waals surface area contributed by atoms with Crippen molar-refractivity contribution in [3.05, 3.63) is 48.5 Å². The smallest absolute Gasteiger partial charge is 0.227 e. The lowest BCUT2D eigenvalue weighted by atomic mass is 10.1. The van der Waals surface area contributed by atoms with Crippen molar-refractivity contribution in [1.82, 2.24) is 4.98 Å². The van der Waals surface area contributed by atoms with Gasteiger partial charge in [0, 0.05) is 17.2 Å². The highest BCUT2D eigenvalue weighted by molar-refractivity contribution is 5.92. The Kier molecular flexibility index (Phi) is 3.92. The van der Waals surface area contributed by atoms with E-state index in [1.807, 2.05) is 62.4 Å². The van der Waals surface area contributed by atoms with Crippen molar-refractivity contribution in [3.8, 4) is 11.5 Å². The van der Waals surface area contributed by atoms with Crippen LogP contribution in [-0.4, -0.2) is 10.9 Å². The second-order valence-electron chi connectivity index (χ2n) is 5.36. The van der Waals surface area contributed by atoms with Crippen molar-refractivity contribution in [2.75, 3.05) is 5.32 Å². The summed E-state index contributed by atoms with van der Waals surface area (Å²) in [5.41, 5.74) is 3.28. The van der Waals surface area contributed by atoms with Crippen molar-refractivity contribution in [2.24, 2.45) is 5.92 Å². The van der Waals surface area contributed by atoms with Crippen LogP contribution >= 0.6 is 0 Å². The van der Waals surface area contributed by atoms with E-state index in [2.05, 4.69) is 10.3 Å².